The van der Waals surface area contributed by atoms with Gasteiger partial charge in [0.25, 0.3) is 0 Å². The molecule has 5 heteroatoms. The molecule has 5 nitrogen and oxygen atoms in total. The number of carbonyl (C=O) groups excluding carboxylic acids is 1. The number of amides is 1. The summed E-state index contributed by atoms with van der Waals surface area (Å²) in [5, 5.41) is 13.1. The van der Waals surface area contributed by atoms with Crippen molar-refractivity contribution in [2.24, 2.45) is 5.92 Å². The van der Waals surface area contributed by atoms with Crippen molar-refractivity contribution in [3.05, 3.63) is 12.3 Å². The molecule has 1 aromatic rings. The molecule has 1 unspecified atom stereocenters. The first-order valence-electron chi connectivity index (χ1n) is 5.19. The van der Waals surface area contributed by atoms with Crippen molar-refractivity contribution in [2.75, 3.05) is 18.1 Å². The number of nitrogens with zero attached hydrogens (tertiary/aromatic N) is 3. The summed E-state index contributed by atoms with van der Waals surface area (Å²) in [7, 11) is 0. The van der Waals surface area contributed by atoms with Crippen molar-refractivity contribution in [1.29, 1.82) is 0 Å². The van der Waals surface area contributed by atoms with Gasteiger partial charge in [-0.2, -0.15) is 5.10 Å². The molecule has 1 atom stereocenters. The summed E-state index contributed by atoms with van der Waals surface area (Å²) in [6.45, 7) is 3.40. The van der Waals surface area contributed by atoms with Gasteiger partial charge in [-0.15, -0.1) is 0 Å². The molecular formula is C10H15N3O2. The van der Waals surface area contributed by atoms with E-state index in [1.54, 1.807) is 15.8 Å². The number of hydrogen-bond donors (Lipinski definition) is 1. The number of carbonyl (C=O) groups is 1. The maximum atomic E-state index is 11.7. The minimum atomic E-state index is 0.0673. The second kappa shape index (κ2) is 4.02. The van der Waals surface area contributed by atoms with Crippen LogP contribution in [0.4, 0.5) is 5.82 Å². The van der Waals surface area contributed by atoms with Crippen LogP contribution in [0.25, 0.3) is 0 Å². The Kier molecular flexibility index (Phi) is 2.73. The van der Waals surface area contributed by atoms with Crippen molar-refractivity contribution in [3.8, 4) is 0 Å². The maximum absolute atomic E-state index is 11.7. The van der Waals surface area contributed by atoms with E-state index >= 15 is 0 Å². The van der Waals surface area contributed by atoms with Gasteiger partial charge in [0.15, 0.2) is 0 Å². The van der Waals surface area contributed by atoms with Crippen molar-refractivity contribution < 1.29 is 9.90 Å². The molecule has 1 aliphatic rings. The van der Waals surface area contributed by atoms with E-state index in [0.717, 1.165) is 12.4 Å². The van der Waals surface area contributed by atoms with Gasteiger partial charge < -0.3 is 5.11 Å². The van der Waals surface area contributed by atoms with Crippen molar-refractivity contribution in [1.82, 2.24) is 9.78 Å². The van der Waals surface area contributed by atoms with E-state index < -0.39 is 0 Å². The lowest BCUT2D eigenvalue weighted by molar-refractivity contribution is -0.117. The monoisotopic (exact) mass is 209 g/mol. The third kappa shape index (κ3) is 1.74. The molecule has 0 radical (unpaired) electrons. The predicted molar refractivity (Wildman–Crippen MR) is 55.4 cm³/mol. The van der Waals surface area contributed by atoms with Gasteiger partial charge in [0.2, 0.25) is 5.91 Å². The highest BCUT2D eigenvalue weighted by Crippen LogP contribution is 2.24. The first-order valence-corrected chi connectivity index (χ1v) is 5.19. The molecular weight excluding hydrogens is 194 g/mol. The molecule has 2 heterocycles. The van der Waals surface area contributed by atoms with Crippen LogP contribution < -0.4 is 4.90 Å². The quantitative estimate of drug-likeness (QED) is 0.776. The van der Waals surface area contributed by atoms with Crippen molar-refractivity contribution >= 4 is 11.7 Å². The van der Waals surface area contributed by atoms with Gasteiger partial charge in [0, 0.05) is 38.1 Å². The summed E-state index contributed by atoms with van der Waals surface area (Å²) in [4.78, 5) is 13.4. The molecule has 0 spiro atoms. The Morgan fingerprint density at radius 1 is 1.67 bits per heavy atom. The second-order valence-electron chi connectivity index (χ2n) is 3.76. The zero-order valence-corrected chi connectivity index (χ0v) is 8.76. The number of aliphatic hydroxyl groups excluding tert-OH is 1. The van der Waals surface area contributed by atoms with Crippen molar-refractivity contribution in [3.63, 3.8) is 0 Å². The highest BCUT2D eigenvalue weighted by molar-refractivity contribution is 5.94. The average Bonchev–Trinajstić information content (AvgIpc) is 2.82. The third-order valence-electron chi connectivity index (χ3n) is 2.73. The Hall–Kier alpha value is -1.36. The third-order valence-corrected chi connectivity index (χ3v) is 2.73. The second-order valence-corrected chi connectivity index (χ2v) is 3.76. The molecule has 0 saturated carbocycles. The minimum Gasteiger partial charge on any atom is -0.396 e. The van der Waals surface area contributed by atoms with Gasteiger partial charge in [-0.1, -0.05) is 0 Å². The van der Waals surface area contributed by atoms with E-state index in [2.05, 4.69) is 5.10 Å². The zero-order chi connectivity index (χ0) is 10.8. The number of rotatable bonds is 3. The molecule has 1 fully saturated rings. The fraction of sp³-hybridized carbons (Fsp3) is 0.600. The first-order chi connectivity index (χ1) is 7.26. The summed E-state index contributed by atoms with van der Waals surface area (Å²) >= 11 is 0. The summed E-state index contributed by atoms with van der Waals surface area (Å²) < 4.78 is 1.79. The lowest BCUT2D eigenvalue weighted by atomic mass is 10.1. The van der Waals surface area contributed by atoms with Crippen LogP contribution in [0.5, 0.6) is 0 Å². The number of hydrogen-bond acceptors (Lipinski definition) is 3. The van der Waals surface area contributed by atoms with Gasteiger partial charge in [0.1, 0.15) is 5.82 Å². The molecule has 1 amide bonds. The fourth-order valence-corrected chi connectivity index (χ4v) is 1.92. The lowest BCUT2D eigenvalue weighted by Crippen LogP contribution is -2.27. The van der Waals surface area contributed by atoms with Gasteiger partial charge in [-0.25, -0.2) is 4.68 Å². The summed E-state index contributed by atoms with van der Waals surface area (Å²) in [6.07, 6.45) is 2.13. The Morgan fingerprint density at radius 3 is 3.07 bits per heavy atom. The lowest BCUT2D eigenvalue weighted by Gasteiger charge is -2.16. The van der Waals surface area contributed by atoms with E-state index in [9.17, 15) is 4.79 Å². The first kappa shape index (κ1) is 10.2. The zero-order valence-electron chi connectivity index (χ0n) is 8.76. The Bertz CT molecular complexity index is 361. The molecule has 1 aliphatic heterocycles. The van der Waals surface area contributed by atoms with Crippen LogP contribution in [-0.4, -0.2) is 33.9 Å². The van der Waals surface area contributed by atoms with Gasteiger partial charge in [-0.05, 0) is 6.92 Å². The van der Waals surface area contributed by atoms with Crippen LogP contribution in [0.1, 0.15) is 13.3 Å². The summed E-state index contributed by atoms with van der Waals surface area (Å²) in [6, 6.07) is 1.83. The molecule has 1 aromatic heterocycles. The predicted octanol–water partition coefficient (Wildman–Crippen LogP) is 0.248. The van der Waals surface area contributed by atoms with Crippen LogP contribution in [-0.2, 0) is 11.3 Å². The summed E-state index contributed by atoms with van der Waals surface area (Å²) in [5.74, 6) is 0.973. The van der Waals surface area contributed by atoms with E-state index in [-0.39, 0.29) is 18.4 Å². The highest BCUT2D eigenvalue weighted by Gasteiger charge is 2.31. The van der Waals surface area contributed by atoms with Gasteiger partial charge in [-0.3, -0.25) is 9.69 Å². The molecule has 82 valence electrons. The van der Waals surface area contributed by atoms with Crippen LogP contribution in [0.3, 0.4) is 0 Å². The Balaban J connectivity index is 2.21. The van der Waals surface area contributed by atoms with Gasteiger partial charge in [0.05, 0.1) is 6.20 Å². The maximum Gasteiger partial charge on any atom is 0.228 e. The standard InChI is InChI=1S/C10H15N3O2/c1-2-13-9(3-4-11-13)12-6-8(7-14)5-10(12)15/h3-4,8,14H,2,5-7H2,1H3. The van der Waals surface area contributed by atoms with Crippen LogP contribution >= 0.6 is 0 Å². The minimum absolute atomic E-state index is 0.0673. The SMILES string of the molecule is CCn1nccc1N1CC(CO)CC1=O. The Morgan fingerprint density at radius 2 is 2.47 bits per heavy atom. The number of aromatic nitrogens is 2. The Labute approximate surface area is 88.3 Å². The number of aryl methyl sites for hydroxylation is 1. The smallest absolute Gasteiger partial charge is 0.228 e. The molecule has 1 N–H and O–H groups in total. The van der Waals surface area contributed by atoms with E-state index in [1.165, 1.54) is 0 Å². The molecule has 2 rings (SSSR count). The van der Waals surface area contributed by atoms with Gasteiger partial charge >= 0.3 is 0 Å². The molecule has 0 aromatic carbocycles. The molecule has 0 bridgehead atoms. The molecule has 15 heavy (non-hydrogen) atoms. The number of anilines is 1. The van der Waals surface area contributed by atoms with E-state index in [4.69, 9.17) is 5.11 Å². The average molecular weight is 209 g/mol. The molecule has 1 saturated heterocycles. The molecule has 0 aliphatic carbocycles. The largest absolute Gasteiger partial charge is 0.396 e. The highest BCUT2D eigenvalue weighted by atomic mass is 16.3. The van der Waals surface area contributed by atoms with Crippen LogP contribution in [0.15, 0.2) is 12.3 Å². The van der Waals surface area contributed by atoms with E-state index in [0.29, 0.717) is 13.0 Å². The topological polar surface area (TPSA) is 58.4 Å². The van der Waals surface area contributed by atoms with Crippen LogP contribution in [0, 0.1) is 5.92 Å². The normalized spacial score (nSPS) is 21.3. The van der Waals surface area contributed by atoms with Crippen molar-refractivity contribution in [2.45, 2.75) is 19.9 Å². The fourth-order valence-electron chi connectivity index (χ4n) is 1.92. The number of aliphatic hydroxyl groups is 1. The van der Waals surface area contributed by atoms with Crippen LogP contribution in [0.2, 0.25) is 0 Å². The summed E-state index contributed by atoms with van der Waals surface area (Å²) in [5.41, 5.74) is 0. The van der Waals surface area contributed by atoms with E-state index in [1.807, 2.05) is 13.0 Å².